The molecule has 0 radical (unpaired) electrons. The molecule has 0 aromatic heterocycles. The number of amides is 1. The average molecular weight is 431 g/mol. The van der Waals surface area contributed by atoms with E-state index in [0.717, 1.165) is 11.1 Å². The number of allylic oxidation sites excluding steroid dienone is 7. The highest BCUT2D eigenvalue weighted by molar-refractivity contribution is 6.18. The first-order chi connectivity index (χ1) is 14.5. The van der Waals surface area contributed by atoms with Crippen molar-refractivity contribution in [3.8, 4) is 0 Å². The molecule has 2 rings (SSSR count). The van der Waals surface area contributed by atoms with E-state index in [1.807, 2.05) is 19.9 Å². The topological polar surface area (TPSA) is 122 Å². The Labute approximate surface area is 181 Å². The third-order valence-electron chi connectivity index (χ3n) is 5.24. The van der Waals surface area contributed by atoms with Crippen molar-refractivity contribution < 1.29 is 34.1 Å². The summed E-state index contributed by atoms with van der Waals surface area (Å²) in [6, 6.07) is 0. The van der Waals surface area contributed by atoms with E-state index in [0.29, 0.717) is 5.57 Å². The Kier molecular flexibility index (Phi) is 7.54. The van der Waals surface area contributed by atoms with Gasteiger partial charge in [-0.2, -0.15) is 0 Å². The van der Waals surface area contributed by atoms with Crippen molar-refractivity contribution in [2.75, 3.05) is 13.7 Å². The highest BCUT2D eigenvalue weighted by Gasteiger charge is 2.68. The van der Waals surface area contributed by atoms with Crippen LogP contribution in [0.25, 0.3) is 0 Å². The quantitative estimate of drug-likeness (QED) is 0.241. The van der Waals surface area contributed by atoms with Gasteiger partial charge in [0.05, 0.1) is 19.3 Å². The first kappa shape index (κ1) is 24.5. The van der Waals surface area contributed by atoms with Crippen LogP contribution in [0, 0.1) is 0 Å². The highest BCUT2D eigenvalue weighted by Crippen LogP contribution is 2.39. The van der Waals surface area contributed by atoms with Crippen LogP contribution in [0.15, 0.2) is 58.7 Å². The van der Waals surface area contributed by atoms with Crippen molar-refractivity contribution in [3.05, 3.63) is 58.7 Å². The average Bonchev–Trinajstić information content (AvgIpc) is 3.18. The van der Waals surface area contributed by atoms with E-state index in [1.54, 1.807) is 31.2 Å². The molecule has 3 atom stereocenters. The largest absolute Gasteiger partial charge is 0.465 e. The number of carbonyl (C=O) groups excluding carboxylic acids is 3. The molecule has 0 aromatic carbocycles. The number of aliphatic hydroxyl groups is 2. The first-order valence-electron chi connectivity index (χ1n) is 9.89. The van der Waals surface area contributed by atoms with E-state index < -0.39 is 35.1 Å². The maximum absolute atomic E-state index is 12.8. The van der Waals surface area contributed by atoms with Crippen LogP contribution in [-0.4, -0.2) is 59.0 Å². The molecule has 2 saturated heterocycles. The van der Waals surface area contributed by atoms with Gasteiger partial charge in [0.15, 0.2) is 11.8 Å². The third-order valence-corrected chi connectivity index (χ3v) is 5.24. The number of hydrogen-bond acceptors (Lipinski definition) is 7. The van der Waals surface area contributed by atoms with Crippen molar-refractivity contribution in [2.45, 2.75) is 51.5 Å². The number of fused-ring (bicyclic) bond motifs is 1. The van der Waals surface area contributed by atoms with Crippen molar-refractivity contribution in [2.24, 2.45) is 0 Å². The van der Waals surface area contributed by atoms with Crippen LogP contribution in [0.3, 0.4) is 0 Å². The van der Waals surface area contributed by atoms with E-state index in [1.165, 1.54) is 20.1 Å². The summed E-state index contributed by atoms with van der Waals surface area (Å²) in [6.07, 6.45) is 8.78. The van der Waals surface area contributed by atoms with Crippen LogP contribution in [-0.2, 0) is 23.9 Å². The van der Waals surface area contributed by atoms with Crippen molar-refractivity contribution in [1.82, 2.24) is 5.32 Å². The monoisotopic (exact) mass is 431 g/mol. The number of ketones is 1. The maximum Gasteiger partial charge on any atom is 0.337 e. The third kappa shape index (κ3) is 4.92. The van der Waals surface area contributed by atoms with E-state index in [9.17, 15) is 24.6 Å². The van der Waals surface area contributed by atoms with Gasteiger partial charge in [-0.1, -0.05) is 41.5 Å². The summed E-state index contributed by atoms with van der Waals surface area (Å²) in [7, 11) is 1.32. The molecule has 8 nitrogen and oxygen atoms in total. The zero-order valence-electron chi connectivity index (χ0n) is 18.4. The lowest BCUT2D eigenvalue weighted by Crippen LogP contribution is -2.55. The molecule has 2 fully saturated rings. The molecule has 0 aromatic rings. The second-order valence-electron chi connectivity index (χ2n) is 7.70. The smallest absolute Gasteiger partial charge is 0.337 e. The molecule has 0 spiro atoms. The molecule has 3 N–H and O–H groups in total. The predicted molar refractivity (Wildman–Crippen MR) is 114 cm³/mol. The second kappa shape index (κ2) is 9.55. The van der Waals surface area contributed by atoms with Gasteiger partial charge in [0.25, 0.3) is 5.91 Å². The van der Waals surface area contributed by atoms with Crippen molar-refractivity contribution in [1.29, 1.82) is 0 Å². The molecule has 2 aliphatic rings. The van der Waals surface area contributed by atoms with E-state index in [2.05, 4.69) is 5.32 Å². The summed E-state index contributed by atoms with van der Waals surface area (Å²) in [5.41, 5.74) is -1.97. The molecular formula is C23H29NO7. The predicted octanol–water partition coefficient (Wildman–Crippen LogP) is 1.41. The van der Waals surface area contributed by atoms with Crippen LogP contribution >= 0.6 is 0 Å². The lowest BCUT2D eigenvalue weighted by Gasteiger charge is -2.26. The number of Topliss-reactive ketones (excluding diaryl/α,β-unsaturated/α-hetero) is 1. The Morgan fingerprint density at radius 1 is 1.19 bits per heavy atom. The van der Waals surface area contributed by atoms with Crippen LogP contribution in [0.1, 0.15) is 34.1 Å². The Hall–Kier alpha value is -2.81. The number of rotatable bonds is 7. The molecule has 168 valence electrons. The van der Waals surface area contributed by atoms with Crippen LogP contribution in [0.2, 0.25) is 0 Å². The van der Waals surface area contributed by atoms with E-state index in [-0.39, 0.29) is 18.6 Å². The lowest BCUT2D eigenvalue weighted by molar-refractivity contribution is -0.160. The molecule has 0 bridgehead atoms. The van der Waals surface area contributed by atoms with Gasteiger partial charge in [0, 0.05) is 6.42 Å². The van der Waals surface area contributed by atoms with Crippen LogP contribution in [0.4, 0.5) is 0 Å². The second-order valence-corrected chi connectivity index (χ2v) is 7.70. The van der Waals surface area contributed by atoms with Gasteiger partial charge in [-0.15, -0.1) is 0 Å². The maximum atomic E-state index is 12.8. The molecule has 1 amide bonds. The molecule has 3 unspecified atom stereocenters. The Balaban J connectivity index is 2.14. The van der Waals surface area contributed by atoms with Crippen LogP contribution in [0.5, 0.6) is 0 Å². The molecule has 2 heterocycles. The molecular weight excluding hydrogens is 402 g/mol. The van der Waals surface area contributed by atoms with Crippen LogP contribution < -0.4 is 5.32 Å². The summed E-state index contributed by atoms with van der Waals surface area (Å²) >= 11 is 0. The highest BCUT2D eigenvalue weighted by atomic mass is 16.5. The standard InChI is InChI=1S/C23H29NO7/c1-6-17(19(26)30-5)13-15(3)12-14(2)8-7-9-16(4)18(25)23(29)20-22(28,10-11-31-20)24-21(23)27/h6-9,12-13,20,28-29H,10-11H2,1-5H3,(H,24,27). The first-order valence-corrected chi connectivity index (χ1v) is 9.89. The van der Waals surface area contributed by atoms with Gasteiger partial charge < -0.3 is 25.0 Å². The number of nitrogens with one attached hydrogen (secondary N) is 1. The molecule has 8 heteroatoms. The van der Waals surface area contributed by atoms with Gasteiger partial charge in [-0.25, -0.2) is 4.79 Å². The number of ether oxygens (including phenoxy) is 2. The van der Waals surface area contributed by atoms with Crippen molar-refractivity contribution >= 4 is 17.7 Å². The SMILES string of the molecule is CC=C(C=C(C)C=C(C)C=CC=C(C)C(=O)C1(O)C(=O)NC2(O)CCOC21)C(=O)OC. The molecule has 2 aliphatic heterocycles. The molecule has 0 aliphatic carbocycles. The zero-order valence-corrected chi connectivity index (χ0v) is 18.4. The van der Waals surface area contributed by atoms with Gasteiger partial charge in [-0.3, -0.25) is 9.59 Å². The number of hydrogen-bond donors (Lipinski definition) is 3. The summed E-state index contributed by atoms with van der Waals surface area (Å²) < 4.78 is 10.0. The summed E-state index contributed by atoms with van der Waals surface area (Å²) in [6.45, 7) is 7.03. The normalized spacial score (nSPS) is 29.9. The van der Waals surface area contributed by atoms with Gasteiger partial charge in [0.2, 0.25) is 11.4 Å². The van der Waals surface area contributed by atoms with E-state index in [4.69, 9.17) is 9.47 Å². The number of methoxy groups -OCH3 is 1. The van der Waals surface area contributed by atoms with Crippen molar-refractivity contribution in [3.63, 3.8) is 0 Å². The Morgan fingerprint density at radius 2 is 1.87 bits per heavy atom. The Morgan fingerprint density at radius 3 is 2.48 bits per heavy atom. The minimum Gasteiger partial charge on any atom is -0.465 e. The lowest BCUT2D eigenvalue weighted by atomic mass is 9.86. The van der Waals surface area contributed by atoms with Gasteiger partial charge in [-0.05, 0) is 39.3 Å². The minimum atomic E-state index is -2.47. The molecule has 0 saturated carbocycles. The summed E-state index contributed by atoms with van der Waals surface area (Å²) in [5.74, 6) is -2.22. The van der Waals surface area contributed by atoms with Gasteiger partial charge in [0.1, 0.15) is 0 Å². The zero-order chi connectivity index (χ0) is 23.4. The summed E-state index contributed by atoms with van der Waals surface area (Å²) in [5, 5.41) is 23.4. The van der Waals surface area contributed by atoms with Gasteiger partial charge >= 0.3 is 5.97 Å². The molecule has 31 heavy (non-hydrogen) atoms. The fraction of sp³-hybridized carbons (Fsp3) is 0.435. The fourth-order valence-corrected chi connectivity index (χ4v) is 3.62. The Bertz CT molecular complexity index is 924. The number of carbonyl (C=O) groups is 3. The minimum absolute atomic E-state index is 0.101. The summed E-state index contributed by atoms with van der Waals surface area (Å²) in [4.78, 5) is 36.7. The van der Waals surface area contributed by atoms with E-state index >= 15 is 0 Å². The number of esters is 1. The fourth-order valence-electron chi connectivity index (χ4n) is 3.62.